The van der Waals surface area contributed by atoms with Gasteiger partial charge < -0.3 is 10.6 Å². The van der Waals surface area contributed by atoms with Crippen LogP contribution in [0.5, 0.6) is 0 Å². The summed E-state index contributed by atoms with van der Waals surface area (Å²) in [6.45, 7) is 3.15. The Balaban J connectivity index is 2.61. The summed E-state index contributed by atoms with van der Waals surface area (Å²) in [5.41, 5.74) is 6.04. The maximum atomic E-state index is 6.04. The molecular formula is C9H18N2S2. The summed E-state index contributed by atoms with van der Waals surface area (Å²) in [6, 6.07) is 0.661. The molecule has 0 aromatic heterocycles. The van der Waals surface area contributed by atoms with Gasteiger partial charge in [0.05, 0.1) is 0 Å². The Bertz CT molecular complexity index is 184. The number of hydrogen-bond acceptors (Lipinski definition) is 2. The van der Waals surface area contributed by atoms with Crippen molar-refractivity contribution in [3.8, 4) is 0 Å². The molecule has 1 saturated heterocycles. The monoisotopic (exact) mass is 218 g/mol. The van der Waals surface area contributed by atoms with Crippen molar-refractivity contribution < 1.29 is 0 Å². The van der Waals surface area contributed by atoms with Gasteiger partial charge in [0.25, 0.3) is 0 Å². The number of nitrogens with two attached hydrogens (primary N) is 1. The van der Waals surface area contributed by atoms with E-state index in [2.05, 4.69) is 24.5 Å². The maximum Gasteiger partial charge on any atom is 0.133 e. The Kier molecular flexibility index (Phi) is 4.49. The van der Waals surface area contributed by atoms with Crippen LogP contribution in [0.25, 0.3) is 0 Å². The predicted octanol–water partition coefficient (Wildman–Crippen LogP) is 1.79. The number of nitrogens with zero attached hydrogens (tertiary/aromatic N) is 1. The van der Waals surface area contributed by atoms with Gasteiger partial charge in [-0.25, -0.2) is 0 Å². The minimum atomic E-state index is 0.241. The lowest BCUT2D eigenvalue weighted by Gasteiger charge is -2.39. The zero-order chi connectivity index (χ0) is 9.84. The molecule has 1 aliphatic heterocycles. The Hall–Kier alpha value is 0.200. The van der Waals surface area contributed by atoms with Crippen LogP contribution in [-0.2, 0) is 0 Å². The summed E-state index contributed by atoms with van der Waals surface area (Å²) in [5, 5.41) is 0. The summed E-state index contributed by atoms with van der Waals surface area (Å²) < 4.78 is 0.702. The van der Waals surface area contributed by atoms with E-state index in [4.69, 9.17) is 18.0 Å². The van der Waals surface area contributed by atoms with Crippen LogP contribution in [0.4, 0.5) is 0 Å². The SMILES string of the molecule is CCC(N)C1CCCCN1C(=S)S. The van der Waals surface area contributed by atoms with Crippen LogP contribution in [0.1, 0.15) is 32.6 Å². The van der Waals surface area contributed by atoms with E-state index in [0.29, 0.717) is 10.4 Å². The van der Waals surface area contributed by atoms with E-state index in [0.717, 1.165) is 19.4 Å². The van der Waals surface area contributed by atoms with Crippen molar-refractivity contribution in [1.29, 1.82) is 0 Å². The van der Waals surface area contributed by atoms with Crippen LogP contribution < -0.4 is 5.73 Å². The quantitative estimate of drug-likeness (QED) is 0.547. The highest BCUT2D eigenvalue weighted by atomic mass is 32.1. The molecule has 0 saturated carbocycles. The van der Waals surface area contributed by atoms with Crippen LogP contribution in [0.3, 0.4) is 0 Å². The average Bonchev–Trinajstić information content (AvgIpc) is 2.16. The van der Waals surface area contributed by atoms with Crippen LogP contribution >= 0.6 is 24.8 Å². The van der Waals surface area contributed by atoms with Crippen molar-refractivity contribution in [1.82, 2.24) is 4.90 Å². The molecule has 4 heteroatoms. The zero-order valence-corrected chi connectivity index (χ0v) is 9.78. The minimum Gasteiger partial charge on any atom is -0.353 e. The molecule has 13 heavy (non-hydrogen) atoms. The third-order valence-electron chi connectivity index (χ3n) is 2.76. The third kappa shape index (κ3) is 2.82. The maximum absolute atomic E-state index is 6.04. The van der Waals surface area contributed by atoms with Gasteiger partial charge in [-0.1, -0.05) is 19.1 Å². The molecule has 2 nitrogen and oxygen atoms in total. The molecule has 0 bridgehead atoms. The first-order valence-corrected chi connectivity index (χ1v) is 5.77. The molecule has 0 aromatic rings. The lowest BCUT2D eigenvalue weighted by Crippen LogP contribution is -2.51. The van der Waals surface area contributed by atoms with Crippen molar-refractivity contribution >= 4 is 29.2 Å². The standard InChI is InChI=1S/C9H18N2S2/c1-2-7(10)8-5-3-4-6-11(8)9(12)13/h7-8H,2-6,10H2,1H3,(H,12,13). The van der Waals surface area contributed by atoms with Gasteiger partial charge in [0.15, 0.2) is 0 Å². The molecule has 0 aliphatic carbocycles. The van der Waals surface area contributed by atoms with E-state index < -0.39 is 0 Å². The van der Waals surface area contributed by atoms with Crippen molar-refractivity contribution in [2.75, 3.05) is 6.54 Å². The first kappa shape index (κ1) is 11.3. The molecular weight excluding hydrogens is 200 g/mol. The summed E-state index contributed by atoms with van der Waals surface area (Å²) in [5.74, 6) is 0. The summed E-state index contributed by atoms with van der Waals surface area (Å²) in [7, 11) is 0. The van der Waals surface area contributed by atoms with Crippen LogP contribution in [-0.4, -0.2) is 27.8 Å². The lowest BCUT2D eigenvalue weighted by atomic mass is 9.95. The minimum absolute atomic E-state index is 0.241. The Morgan fingerprint density at radius 1 is 1.69 bits per heavy atom. The Morgan fingerprint density at radius 3 is 2.92 bits per heavy atom. The fraction of sp³-hybridized carbons (Fsp3) is 0.889. The third-order valence-corrected chi connectivity index (χ3v) is 3.25. The number of thiol groups is 1. The van der Waals surface area contributed by atoms with E-state index in [9.17, 15) is 0 Å². The number of likely N-dealkylation sites (tertiary alicyclic amines) is 1. The Labute approximate surface area is 91.3 Å². The smallest absolute Gasteiger partial charge is 0.133 e. The summed E-state index contributed by atoms with van der Waals surface area (Å²) >= 11 is 9.33. The van der Waals surface area contributed by atoms with Crippen LogP contribution in [0, 0.1) is 0 Å². The first-order chi connectivity index (χ1) is 6.16. The molecule has 0 spiro atoms. The molecule has 1 aliphatic rings. The molecule has 0 aromatic carbocycles. The van der Waals surface area contributed by atoms with Crippen LogP contribution in [0.2, 0.25) is 0 Å². The molecule has 1 rings (SSSR count). The van der Waals surface area contributed by atoms with Gasteiger partial charge in [-0.05, 0) is 25.7 Å². The number of piperidine rings is 1. The molecule has 76 valence electrons. The second-order valence-electron chi connectivity index (χ2n) is 3.61. The van der Waals surface area contributed by atoms with E-state index in [1.54, 1.807) is 0 Å². The molecule has 2 unspecified atom stereocenters. The predicted molar refractivity (Wildman–Crippen MR) is 64.2 cm³/mol. The normalized spacial score (nSPS) is 25.8. The molecule has 2 N–H and O–H groups in total. The van der Waals surface area contributed by atoms with Crippen molar-refractivity contribution in [2.24, 2.45) is 5.73 Å². The summed E-state index contributed by atoms with van der Waals surface area (Å²) in [4.78, 5) is 2.18. The summed E-state index contributed by atoms with van der Waals surface area (Å²) in [6.07, 6.45) is 4.66. The molecule has 0 radical (unpaired) electrons. The topological polar surface area (TPSA) is 29.3 Å². The van der Waals surface area contributed by atoms with Gasteiger partial charge in [0, 0.05) is 18.6 Å². The van der Waals surface area contributed by atoms with E-state index in [1.165, 1.54) is 12.8 Å². The van der Waals surface area contributed by atoms with E-state index in [1.807, 2.05) is 0 Å². The molecule has 2 atom stereocenters. The second kappa shape index (κ2) is 5.17. The van der Waals surface area contributed by atoms with Gasteiger partial charge in [-0.2, -0.15) is 0 Å². The van der Waals surface area contributed by atoms with E-state index in [-0.39, 0.29) is 6.04 Å². The number of thiocarbonyl (C=S) groups is 1. The van der Waals surface area contributed by atoms with Crippen LogP contribution in [0.15, 0.2) is 0 Å². The molecule has 1 fully saturated rings. The Morgan fingerprint density at radius 2 is 2.38 bits per heavy atom. The second-order valence-corrected chi connectivity index (χ2v) is 4.72. The zero-order valence-electron chi connectivity index (χ0n) is 8.07. The molecule has 1 heterocycles. The highest BCUT2D eigenvalue weighted by Crippen LogP contribution is 2.21. The number of rotatable bonds is 2. The van der Waals surface area contributed by atoms with Gasteiger partial charge in [0.1, 0.15) is 4.32 Å². The van der Waals surface area contributed by atoms with Crippen molar-refractivity contribution in [3.63, 3.8) is 0 Å². The van der Waals surface area contributed by atoms with E-state index >= 15 is 0 Å². The average molecular weight is 218 g/mol. The highest BCUT2D eigenvalue weighted by Gasteiger charge is 2.27. The van der Waals surface area contributed by atoms with Gasteiger partial charge in [-0.3, -0.25) is 0 Å². The largest absolute Gasteiger partial charge is 0.353 e. The van der Waals surface area contributed by atoms with Gasteiger partial charge in [-0.15, -0.1) is 12.6 Å². The van der Waals surface area contributed by atoms with Crippen molar-refractivity contribution in [2.45, 2.75) is 44.7 Å². The van der Waals surface area contributed by atoms with Crippen molar-refractivity contribution in [3.05, 3.63) is 0 Å². The lowest BCUT2D eigenvalue weighted by molar-refractivity contribution is 0.214. The molecule has 0 amide bonds. The van der Waals surface area contributed by atoms with Gasteiger partial charge >= 0.3 is 0 Å². The van der Waals surface area contributed by atoms with Gasteiger partial charge in [0.2, 0.25) is 0 Å². The number of hydrogen-bond donors (Lipinski definition) is 2. The fourth-order valence-electron chi connectivity index (χ4n) is 1.91. The highest BCUT2D eigenvalue weighted by molar-refractivity contribution is 8.10. The first-order valence-electron chi connectivity index (χ1n) is 4.92. The fourth-order valence-corrected chi connectivity index (χ4v) is 2.39.